The van der Waals surface area contributed by atoms with Crippen molar-refractivity contribution in [3.05, 3.63) is 239 Å². The first-order valence-corrected chi connectivity index (χ1v) is 22.1. The van der Waals surface area contributed by atoms with Crippen molar-refractivity contribution in [2.45, 2.75) is 30.6 Å². The summed E-state index contributed by atoms with van der Waals surface area (Å²) in [6.07, 6.45) is 7.32. The van der Waals surface area contributed by atoms with E-state index in [1.54, 1.807) is 0 Å². The van der Waals surface area contributed by atoms with Gasteiger partial charge in [-0.2, -0.15) is 0 Å². The average Bonchev–Trinajstić information content (AvgIpc) is 3.99. The summed E-state index contributed by atoms with van der Waals surface area (Å²) in [7, 11) is 0. The Balaban J connectivity index is 1.08. The summed E-state index contributed by atoms with van der Waals surface area (Å²) in [4.78, 5) is 2.64. The van der Waals surface area contributed by atoms with Crippen molar-refractivity contribution in [1.82, 2.24) is 0 Å². The average molecular weight is 784 g/mol. The maximum atomic E-state index is 2.64. The van der Waals surface area contributed by atoms with Crippen LogP contribution in [-0.4, -0.2) is 0 Å². The van der Waals surface area contributed by atoms with Crippen molar-refractivity contribution in [1.29, 1.82) is 0 Å². The van der Waals surface area contributed by atoms with Gasteiger partial charge in [0.05, 0.1) is 11.1 Å². The number of hydrogen-bond acceptors (Lipinski definition) is 2. The molecule has 2 unspecified atom stereocenters. The lowest BCUT2D eigenvalue weighted by molar-refractivity contribution is 0.451. The second kappa shape index (κ2) is 12.4. The number of allylic oxidation sites excluding steroid dienone is 4. The molecule has 1 aromatic heterocycles. The fourth-order valence-electron chi connectivity index (χ4n) is 12.0. The maximum absolute atomic E-state index is 2.64. The molecule has 0 fully saturated rings. The van der Waals surface area contributed by atoms with Crippen molar-refractivity contribution in [3.63, 3.8) is 0 Å². The predicted molar refractivity (Wildman–Crippen MR) is 253 cm³/mol. The van der Waals surface area contributed by atoms with Crippen LogP contribution in [0.3, 0.4) is 0 Å². The van der Waals surface area contributed by atoms with Gasteiger partial charge in [0, 0.05) is 54.4 Å². The molecule has 1 nitrogen and oxygen atoms in total. The number of fused-ring (bicyclic) bond motifs is 16. The van der Waals surface area contributed by atoms with E-state index in [0.29, 0.717) is 0 Å². The molecule has 1 spiro atoms. The number of nitrogens with zero attached hydrogens (tertiary/aromatic N) is 1. The summed E-state index contributed by atoms with van der Waals surface area (Å²) in [5, 5.41) is 2.65. The molecule has 284 valence electrons. The SMILES string of the molecule is CC1(C)c2ccccc2-c2ccc(N(C3=CC=CC4C3c3ccccc3C43c4ccccc4-c4ccccc43)c3ccccc3-c3cccc4sc5ccccc5c34)cc21. The summed E-state index contributed by atoms with van der Waals surface area (Å²) >= 11 is 1.89. The van der Waals surface area contributed by atoms with Crippen LogP contribution in [0.4, 0.5) is 11.4 Å². The molecule has 9 aromatic rings. The van der Waals surface area contributed by atoms with Crippen LogP contribution in [0.25, 0.3) is 53.6 Å². The molecular formula is C58H41NS. The van der Waals surface area contributed by atoms with Crippen molar-refractivity contribution < 1.29 is 0 Å². The van der Waals surface area contributed by atoms with Gasteiger partial charge in [0.25, 0.3) is 0 Å². The predicted octanol–water partition coefficient (Wildman–Crippen LogP) is 15.3. The Kier molecular flexibility index (Phi) is 7.05. The first kappa shape index (κ1) is 34.2. The topological polar surface area (TPSA) is 3.24 Å². The van der Waals surface area contributed by atoms with Gasteiger partial charge in [-0.25, -0.2) is 0 Å². The Labute approximate surface area is 355 Å². The monoisotopic (exact) mass is 783 g/mol. The van der Waals surface area contributed by atoms with Crippen LogP contribution in [0.2, 0.25) is 0 Å². The fraction of sp³-hybridized carbons (Fsp3) is 0.103. The highest BCUT2D eigenvalue weighted by Gasteiger charge is 2.59. The van der Waals surface area contributed by atoms with E-state index in [4.69, 9.17) is 0 Å². The molecule has 60 heavy (non-hydrogen) atoms. The van der Waals surface area contributed by atoms with Gasteiger partial charge in [0.15, 0.2) is 0 Å². The van der Waals surface area contributed by atoms with E-state index in [2.05, 4.69) is 219 Å². The largest absolute Gasteiger partial charge is 0.313 e. The zero-order valence-electron chi connectivity index (χ0n) is 33.6. The Hall–Kier alpha value is -6.74. The van der Waals surface area contributed by atoms with Crippen molar-refractivity contribution in [2.75, 3.05) is 4.90 Å². The van der Waals surface area contributed by atoms with E-state index in [9.17, 15) is 0 Å². The molecule has 0 saturated carbocycles. The van der Waals surface area contributed by atoms with Gasteiger partial charge < -0.3 is 4.90 Å². The molecule has 4 aliphatic rings. The molecule has 8 aromatic carbocycles. The molecule has 0 amide bonds. The Morgan fingerprint density at radius 3 is 1.85 bits per heavy atom. The van der Waals surface area contributed by atoms with Gasteiger partial charge in [0.1, 0.15) is 0 Å². The summed E-state index contributed by atoms with van der Waals surface area (Å²) in [6.45, 7) is 4.79. The minimum atomic E-state index is -0.321. The summed E-state index contributed by atoms with van der Waals surface area (Å²) in [5.41, 5.74) is 19.5. The Bertz CT molecular complexity index is 3290. The van der Waals surface area contributed by atoms with Crippen LogP contribution in [0, 0.1) is 5.92 Å². The molecule has 0 saturated heterocycles. The highest BCUT2D eigenvalue weighted by atomic mass is 32.1. The lowest BCUT2D eigenvalue weighted by atomic mass is 9.65. The molecule has 0 aliphatic heterocycles. The lowest BCUT2D eigenvalue weighted by Gasteiger charge is -2.41. The molecule has 0 radical (unpaired) electrons. The van der Waals surface area contributed by atoms with Crippen LogP contribution in [0.15, 0.2) is 206 Å². The molecule has 0 N–H and O–H groups in total. The third-order valence-electron chi connectivity index (χ3n) is 14.4. The summed E-state index contributed by atoms with van der Waals surface area (Å²) in [6, 6.07) is 69.0. The molecular weight excluding hydrogens is 743 g/mol. The van der Waals surface area contributed by atoms with E-state index < -0.39 is 0 Å². The lowest BCUT2D eigenvalue weighted by Crippen LogP contribution is -2.35. The number of thiophene rings is 1. The van der Waals surface area contributed by atoms with E-state index in [1.165, 1.54) is 104 Å². The second-order valence-electron chi connectivity index (χ2n) is 17.5. The molecule has 2 atom stereocenters. The molecule has 13 rings (SSSR count). The second-order valence-corrected chi connectivity index (χ2v) is 18.6. The molecule has 4 aliphatic carbocycles. The standard InChI is InChI=1S/C58H41NS/c1-57(2)45-24-9-3-17-37(45)40-34-33-36(35-50(40)57)59(51-29-13-7-20-41(51)42-23-15-32-54-55(42)44-22-8-14-31-53(44)60-54)52-30-16-28-49-56(52)43-21-6-12-27-48(43)58(49)46-25-10-4-18-38(46)39-19-5-11-26-47(39)58/h3-35,49,56H,1-2H3. The van der Waals surface area contributed by atoms with E-state index in [1.807, 2.05) is 11.3 Å². The smallest absolute Gasteiger partial charge is 0.0538 e. The van der Waals surface area contributed by atoms with Crippen LogP contribution in [-0.2, 0) is 10.8 Å². The zero-order chi connectivity index (χ0) is 39.7. The minimum Gasteiger partial charge on any atom is -0.313 e. The fourth-order valence-corrected chi connectivity index (χ4v) is 13.1. The van der Waals surface area contributed by atoms with Gasteiger partial charge in [0.2, 0.25) is 0 Å². The summed E-state index contributed by atoms with van der Waals surface area (Å²) in [5.74, 6) is 0.253. The van der Waals surface area contributed by atoms with Crippen LogP contribution in [0.5, 0.6) is 0 Å². The zero-order valence-corrected chi connectivity index (χ0v) is 34.4. The van der Waals surface area contributed by atoms with Gasteiger partial charge in [-0.1, -0.05) is 178 Å². The van der Waals surface area contributed by atoms with E-state index >= 15 is 0 Å². The van der Waals surface area contributed by atoms with Gasteiger partial charge >= 0.3 is 0 Å². The number of rotatable bonds is 4. The van der Waals surface area contributed by atoms with Crippen molar-refractivity contribution in [3.8, 4) is 33.4 Å². The number of para-hydroxylation sites is 1. The third kappa shape index (κ3) is 4.36. The van der Waals surface area contributed by atoms with Gasteiger partial charge in [-0.05, 0) is 97.6 Å². The maximum Gasteiger partial charge on any atom is 0.0538 e. The molecule has 0 bridgehead atoms. The first-order valence-electron chi connectivity index (χ1n) is 21.3. The van der Waals surface area contributed by atoms with Gasteiger partial charge in [-0.3, -0.25) is 0 Å². The highest BCUT2D eigenvalue weighted by molar-refractivity contribution is 7.25. The Morgan fingerprint density at radius 2 is 1.07 bits per heavy atom. The van der Waals surface area contributed by atoms with Crippen molar-refractivity contribution in [2.24, 2.45) is 5.92 Å². The molecule has 1 heterocycles. The number of hydrogen-bond donors (Lipinski definition) is 0. The van der Waals surface area contributed by atoms with Crippen LogP contribution < -0.4 is 4.90 Å². The number of benzene rings is 8. The Morgan fingerprint density at radius 1 is 0.483 bits per heavy atom. The summed E-state index contributed by atoms with van der Waals surface area (Å²) < 4.78 is 2.64. The van der Waals surface area contributed by atoms with E-state index in [-0.39, 0.29) is 22.7 Å². The quantitative estimate of drug-likeness (QED) is 0.172. The normalized spacial score (nSPS) is 18.1. The number of anilines is 2. The third-order valence-corrected chi connectivity index (χ3v) is 15.5. The minimum absolute atomic E-state index is 0.0923. The van der Waals surface area contributed by atoms with Gasteiger partial charge in [-0.15, -0.1) is 11.3 Å². The first-order chi connectivity index (χ1) is 29.5. The highest BCUT2D eigenvalue weighted by Crippen LogP contribution is 2.67. The van der Waals surface area contributed by atoms with Crippen LogP contribution in [0.1, 0.15) is 53.1 Å². The van der Waals surface area contributed by atoms with Crippen molar-refractivity contribution >= 4 is 42.9 Å². The van der Waals surface area contributed by atoms with E-state index in [0.717, 1.165) is 0 Å². The van der Waals surface area contributed by atoms with Crippen LogP contribution >= 0.6 is 11.3 Å². The molecule has 2 heteroatoms.